The maximum absolute atomic E-state index is 4.53. The molecule has 1 fully saturated rings. The van der Waals surface area contributed by atoms with Gasteiger partial charge in [0, 0.05) is 37.1 Å². The summed E-state index contributed by atoms with van der Waals surface area (Å²) in [5, 5.41) is 0. The van der Waals surface area contributed by atoms with Gasteiger partial charge in [0.1, 0.15) is 0 Å². The number of hydrogen-bond acceptors (Lipinski definition) is 2. The molecule has 142 valence electrons. The summed E-state index contributed by atoms with van der Waals surface area (Å²) in [6.45, 7) is 5.84. The predicted octanol–water partition coefficient (Wildman–Crippen LogP) is 6.35. The third kappa shape index (κ3) is 4.40. The monoisotopic (exact) mass is 368 g/mol. The Morgan fingerprint density at radius 1 is 0.857 bits per heavy atom. The van der Waals surface area contributed by atoms with Crippen LogP contribution in [0.4, 0.5) is 0 Å². The highest BCUT2D eigenvalue weighted by molar-refractivity contribution is 5.70. The molecular formula is C26H28N2. The average Bonchev–Trinajstić information content (AvgIpc) is 3.29. The molecule has 3 aromatic rings. The minimum atomic E-state index is 0.687. The summed E-state index contributed by atoms with van der Waals surface area (Å²) in [7, 11) is 0. The van der Waals surface area contributed by atoms with Crippen molar-refractivity contribution in [2.45, 2.75) is 38.3 Å². The first kappa shape index (κ1) is 18.6. The lowest BCUT2D eigenvalue weighted by molar-refractivity contribution is 0.211. The van der Waals surface area contributed by atoms with Crippen molar-refractivity contribution in [1.82, 2.24) is 9.88 Å². The molecule has 2 nitrogen and oxygen atoms in total. The molecule has 0 amide bonds. The maximum atomic E-state index is 4.53. The van der Waals surface area contributed by atoms with Gasteiger partial charge in [0.2, 0.25) is 0 Å². The molecule has 1 aromatic heterocycles. The molecule has 1 aliphatic rings. The van der Waals surface area contributed by atoms with E-state index in [1.54, 1.807) is 0 Å². The highest BCUT2D eigenvalue weighted by Crippen LogP contribution is 2.27. The molecule has 4 rings (SSSR count). The van der Waals surface area contributed by atoms with Crippen LogP contribution in [0.25, 0.3) is 22.3 Å². The standard InChI is InChI=1S/C26H28N2/c1-2-16-28(26-10-6-7-11-26)20-21-17-25(19-27-18-21)24-14-12-23(13-15-24)22-8-4-3-5-9-22/h2-5,8-9,12-15,17-19,26H,1,6-7,10-11,16,20H2. The van der Waals surface area contributed by atoms with Gasteiger partial charge in [0.15, 0.2) is 0 Å². The Kier molecular flexibility index (Phi) is 5.98. The van der Waals surface area contributed by atoms with Crippen LogP contribution in [0.15, 0.2) is 85.7 Å². The maximum Gasteiger partial charge on any atom is 0.0346 e. The van der Waals surface area contributed by atoms with Crippen LogP contribution < -0.4 is 0 Å². The zero-order valence-electron chi connectivity index (χ0n) is 16.4. The topological polar surface area (TPSA) is 16.1 Å². The third-order valence-electron chi connectivity index (χ3n) is 5.71. The lowest BCUT2D eigenvalue weighted by atomic mass is 10.0. The first-order chi connectivity index (χ1) is 13.8. The Labute approximate surface area is 168 Å². The van der Waals surface area contributed by atoms with Crippen molar-refractivity contribution in [2.75, 3.05) is 6.54 Å². The molecule has 0 N–H and O–H groups in total. The van der Waals surface area contributed by atoms with Crippen molar-refractivity contribution in [3.8, 4) is 22.3 Å². The number of nitrogens with zero attached hydrogens (tertiary/aromatic N) is 2. The zero-order valence-corrected chi connectivity index (χ0v) is 16.4. The summed E-state index contributed by atoms with van der Waals surface area (Å²) in [6, 6.07) is 22.3. The number of hydrogen-bond donors (Lipinski definition) is 0. The van der Waals surface area contributed by atoms with Crippen molar-refractivity contribution in [3.63, 3.8) is 0 Å². The van der Waals surface area contributed by atoms with E-state index in [-0.39, 0.29) is 0 Å². The average molecular weight is 369 g/mol. The Balaban J connectivity index is 1.52. The summed E-state index contributed by atoms with van der Waals surface area (Å²) < 4.78 is 0. The second-order valence-electron chi connectivity index (χ2n) is 7.68. The van der Waals surface area contributed by atoms with E-state index >= 15 is 0 Å². The van der Waals surface area contributed by atoms with Gasteiger partial charge in [-0.1, -0.05) is 73.5 Å². The van der Waals surface area contributed by atoms with Crippen LogP contribution in [0.2, 0.25) is 0 Å². The van der Waals surface area contributed by atoms with E-state index in [9.17, 15) is 0 Å². The van der Waals surface area contributed by atoms with Crippen LogP contribution >= 0.6 is 0 Å². The minimum absolute atomic E-state index is 0.687. The lowest BCUT2D eigenvalue weighted by Crippen LogP contribution is -2.32. The highest BCUT2D eigenvalue weighted by Gasteiger charge is 2.21. The van der Waals surface area contributed by atoms with Crippen LogP contribution in [-0.4, -0.2) is 22.5 Å². The number of rotatable bonds is 7. The molecular weight excluding hydrogens is 340 g/mol. The molecule has 2 aromatic carbocycles. The van der Waals surface area contributed by atoms with Crippen molar-refractivity contribution in [3.05, 3.63) is 91.3 Å². The van der Waals surface area contributed by atoms with Gasteiger partial charge in [0.05, 0.1) is 0 Å². The molecule has 0 aliphatic heterocycles. The number of pyridine rings is 1. The Bertz CT molecular complexity index is 893. The summed E-state index contributed by atoms with van der Waals surface area (Å²) in [6.07, 6.45) is 11.3. The van der Waals surface area contributed by atoms with Crippen LogP contribution in [0.1, 0.15) is 31.2 Å². The molecule has 1 saturated carbocycles. The van der Waals surface area contributed by atoms with Gasteiger partial charge < -0.3 is 0 Å². The largest absolute Gasteiger partial charge is 0.292 e. The highest BCUT2D eigenvalue weighted by atomic mass is 15.1. The van der Waals surface area contributed by atoms with Gasteiger partial charge >= 0.3 is 0 Å². The van der Waals surface area contributed by atoms with Gasteiger partial charge in [-0.3, -0.25) is 9.88 Å². The smallest absolute Gasteiger partial charge is 0.0346 e. The van der Waals surface area contributed by atoms with Gasteiger partial charge in [-0.2, -0.15) is 0 Å². The van der Waals surface area contributed by atoms with E-state index < -0.39 is 0 Å². The fraction of sp³-hybridized carbons (Fsp3) is 0.269. The van der Waals surface area contributed by atoms with E-state index in [1.807, 2.05) is 18.5 Å². The summed E-state index contributed by atoms with van der Waals surface area (Å²) in [4.78, 5) is 7.08. The van der Waals surface area contributed by atoms with Crippen molar-refractivity contribution < 1.29 is 0 Å². The third-order valence-corrected chi connectivity index (χ3v) is 5.71. The fourth-order valence-electron chi connectivity index (χ4n) is 4.23. The summed E-state index contributed by atoms with van der Waals surface area (Å²) in [5.74, 6) is 0. The molecule has 0 bridgehead atoms. The van der Waals surface area contributed by atoms with E-state index in [2.05, 4.69) is 77.1 Å². The molecule has 1 heterocycles. The molecule has 28 heavy (non-hydrogen) atoms. The molecule has 0 unspecified atom stereocenters. The van der Waals surface area contributed by atoms with E-state index in [4.69, 9.17) is 0 Å². The van der Waals surface area contributed by atoms with Gasteiger partial charge in [-0.05, 0) is 41.2 Å². The van der Waals surface area contributed by atoms with E-state index in [0.717, 1.165) is 13.1 Å². The van der Waals surface area contributed by atoms with Crippen LogP contribution in [0, 0.1) is 0 Å². The molecule has 0 atom stereocenters. The van der Waals surface area contributed by atoms with Crippen molar-refractivity contribution in [1.29, 1.82) is 0 Å². The van der Waals surface area contributed by atoms with Gasteiger partial charge in [-0.15, -0.1) is 6.58 Å². The van der Waals surface area contributed by atoms with Gasteiger partial charge in [0.25, 0.3) is 0 Å². The lowest BCUT2D eigenvalue weighted by Gasteiger charge is -2.27. The van der Waals surface area contributed by atoms with Gasteiger partial charge in [-0.25, -0.2) is 0 Å². The first-order valence-electron chi connectivity index (χ1n) is 10.3. The molecule has 1 aliphatic carbocycles. The zero-order chi connectivity index (χ0) is 19.2. The number of benzene rings is 2. The predicted molar refractivity (Wildman–Crippen MR) is 118 cm³/mol. The van der Waals surface area contributed by atoms with Crippen LogP contribution in [0.3, 0.4) is 0 Å². The van der Waals surface area contributed by atoms with E-state index in [0.29, 0.717) is 6.04 Å². The normalized spacial score (nSPS) is 14.5. The Hall–Kier alpha value is -2.71. The Morgan fingerprint density at radius 3 is 2.18 bits per heavy atom. The van der Waals surface area contributed by atoms with Crippen molar-refractivity contribution in [2.24, 2.45) is 0 Å². The van der Waals surface area contributed by atoms with Crippen LogP contribution in [0.5, 0.6) is 0 Å². The molecule has 0 spiro atoms. The second-order valence-corrected chi connectivity index (χ2v) is 7.68. The SMILES string of the molecule is C=CCN(Cc1cncc(-c2ccc(-c3ccccc3)cc2)c1)C1CCCC1. The molecule has 0 saturated heterocycles. The quantitative estimate of drug-likeness (QED) is 0.452. The first-order valence-corrected chi connectivity index (χ1v) is 10.3. The summed E-state index contributed by atoms with van der Waals surface area (Å²) >= 11 is 0. The Morgan fingerprint density at radius 2 is 1.50 bits per heavy atom. The van der Waals surface area contributed by atoms with E-state index in [1.165, 1.54) is 53.5 Å². The summed E-state index contributed by atoms with van der Waals surface area (Å²) in [5.41, 5.74) is 6.16. The second kappa shape index (κ2) is 8.99. The fourth-order valence-corrected chi connectivity index (χ4v) is 4.23. The number of aromatic nitrogens is 1. The minimum Gasteiger partial charge on any atom is -0.292 e. The molecule has 0 radical (unpaired) electrons. The molecule has 2 heteroatoms. The van der Waals surface area contributed by atoms with Crippen molar-refractivity contribution >= 4 is 0 Å². The van der Waals surface area contributed by atoms with Crippen LogP contribution in [-0.2, 0) is 6.54 Å².